The Morgan fingerprint density at radius 1 is 1.25 bits per heavy atom. The van der Waals surface area contributed by atoms with E-state index in [2.05, 4.69) is 47.2 Å². The van der Waals surface area contributed by atoms with Gasteiger partial charge in [0.1, 0.15) is 0 Å². The van der Waals surface area contributed by atoms with E-state index in [1.54, 1.807) is 11.0 Å². The molecule has 1 atom stereocenters. The first-order valence-electron chi connectivity index (χ1n) is 9.53. The Balaban J connectivity index is 1.82. The number of rotatable bonds is 5. The van der Waals surface area contributed by atoms with Gasteiger partial charge in [-0.3, -0.25) is 9.59 Å². The van der Waals surface area contributed by atoms with Crippen molar-refractivity contribution >= 4 is 50.7 Å². The zero-order chi connectivity index (χ0) is 20.4. The average Bonchev–Trinajstić information content (AvgIpc) is 3.06. The number of halogens is 2. The van der Waals surface area contributed by atoms with E-state index in [0.29, 0.717) is 17.3 Å². The summed E-state index contributed by atoms with van der Waals surface area (Å²) in [6.45, 7) is 6.48. The molecule has 0 saturated carbocycles. The van der Waals surface area contributed by atoms with Crippen LogP contribution < -0.4 is 10.2 Å². The number of hydrogen-bond acceptors (Lipinski definition) is 2. The van der Waals surface area contributed by atoms with Crippen LogP contribution in [0.4, 0.5) is 11.4 Å². The zero-order valence-corrected chi connectivity index (χ0v) is 18.7. The molecule has 0 aromatic heterocycles. The number of nitrogens with one attached hydrogen (secondary N) is 1. The Hall–Kier alpha value is -1.85. The fourth-order valence-corrected chi connectivity index (χ4v) is 4.30. The van der Waals surface area contributed by atoms with Gasteiger partial charge >= 0.3 is 0 Å². The minimum Gasteiger partial charge on any atom is -0.325 e. The van der Waals surface area contributed by atoms with Gasteiger partial charge in [-0.1, -0.05) is 43.6 Å². The fourth-order valence-electron chi connectivity index (χ4n) is 3.68. The summed E-state index contributed by atoms with van der Waals surface area (Å²) in [6.07, 6.45) is 1.91. The van der Waals surface area contributed by atoms with Crippen molar-refractivity contribution in [3.63, 3.8) is 0 Å². The van der Waals surface area contributed by atoms with E-state index in [0.717, 1.165) is 39.7 Å². The Labute approximate surface area is 179 Å². The van der Waals surface area contributed by atoms with Crippen molar-refractivity contribution < 1.29 is 9.59 Å². The number of nitrogens with zero attached hydrogens (tertiary/aromatic N) is 1. The summed E-state index contributed by atoms with van der Waals surface area (Å²) in [5.74, 6) is -0.533. The normalized spacial score (nSPS) is 16.5. The van der Waals surface area contributed by atoms with Crippen LogP contribution in [-0.2, 0) is 22.4 Å². The van der Waals surface area contributed by atoms with E-state index < -0.39 is 0 Å². The summed E-state index contributed by atoms with van der Waals surface area (Å²) in [6, 6.07) is 9.75. The standard InChI is InChI=1S/C22H24BrClN2O2/c1-4-14-7-6-8-15(5-2)21(14)26-12-16(10-20(26)27)22(28)25-19-11-18(24)17(23)9-13(19)3/h6-9,11,16H,4-5,10,12H2,1-3H3,(H,25,28)/t16-/m0/s1. The molecule has 3 rings (SSSR count). The van der Waals surface area contributed by atoms with Crippen LogP contribution in [0.25, 0.3) is 0 Å². The predicted molar refractivity (Wildman–Crippen MR) is 118 cm³/mol. The highest BCUT2D eigenvalue weighted by atomic mass is 79.9. The number of para-hydroxylation sites is 1. The van der Waals surface area contributed by atoms with E-state index in [1.165, 1.54) is 0 Å². The van der Waals surface area contributed by atoms with Crippen LogP contribution in [0.1, 0.15) is 37.0 Å². The first kappa shape index (κ1) is 20.9. The fraction of sp³-hybridized carbons (Fsp3) is 0.364. The molecule has 2 aromatic carbocycles. The molecule has 2 amide bonds. The highest BCUT2D eigenvalue weighted by molar-refractivity contribution is 9.10. The van der Waals surface area contributed by atoms with Crippen LogP contribution >= 0.6 is 27.5 Å². The maximum absolute atomic E-state index is 12.8. The van der Waals surface area contributed by atoms with Gasteiger partial charge in [-0.25, -0.2) is 0 Å². The van der Waals surface area contributed by atoms with Gasteiger partial charge in [0, 0.05) is 28.8 Å². The average molecular weight is 464 g/mol. The van der Waals surface area contributed by atoms with Gasteiger partial charge < -0.3 is 10.2 Å². The lowest BCUT2D eigenvalue weighted by Gasteiger charge is -2.23. The number of hydrogen-bond donors (Lipinski definition) is 1. The number of carbonyl (C=O) groups is 2. The van der Waals surface area contributed by atoms with E-state index in [4.69, 9.17) is 11.6 Å². The highest BCUT2D eigenvalue weighted by Gasteiger charge is 2.36. The summed E-state index contributed by atoms with van der Waals surface area (Å²) >= 11 is 9.55. The molecule has 28 heavy (non-hydrogen) atoms. The Morgan fingerprint density at radius 2 is 1.89 bits per heavy atom. The van der Waals surface area contributed by atoms with Crippen molar-refractivity contribution in [3.05, 3.63) is 56.5 Å². The van der Waals surface area contributed by atoms with Crippen LogP contribution in [0.15, 0.2) is 34.8 Å². The van der Waals surface area contributed by atoms with Gasteiger partial charge in [0.2, 0.25) is 11.8 Å². The lowest BCUT2D eigenvalue weighted by atomic mass is 10.0. The smallest absolute Gasteiger partial charge is 0.229 e. The van der Waals surface area contributed by atoms with E-state index in [1.807, 2.05) is 19.1 Å². The molecule has 1 N–H and O–H groups in total. The molecule has 1 fully saturated rings. The number of anilines is 2. The van der Waals surface area contributed by atoms with Crippen molar-refractivity contribution in [2.75, 3.05) is 16.8 Å². The molecule has 0 aliphatic carbocycles. The molecule has 148 valence electrons. The lowest BCUT2D eigenvalue weighted by Crippen LogP contribution is -2.29. The molecular weight excluding hydrogens is 440 g/mol. The monoisotopic (exact) mass is 462 g/mol. The van der Waals surface area contributed by atoms with E-state index in [-0.39, 0.29) is 24.2 Å². The van der Waals surface area contributed by atoms with Crippen molar-refractivity contribution in [2.24, 2.45) is 5.92 Å². The number of benzene rings is 2. The second-order valence-electron chi connectivity index (χ2n) is 7.11. The van der Waals surface area contributed by atoms with Crippen molar-refractivity contribution in [1.29, 1.82) is 0 Å². The molecule has 6 heteroatoms. The molecule has 1 saturated heterocycles. The highest BCUT2D eigenvalue weighted by Crippen LogP contribution is 2.34. The SMILES string of the molecule is CCc1cccc(CC)c1N1C[C@@H](C(=O)Nc2cc(Cl)c(Br)cc2C)CC1=O. The molecular formula is C22H24BrClN2O2. The third kappa shape index (κ3) is 4.11. The summed E-state index contributed by atoms with van der Waals surface area (Å²) in [5.41, 5.74) is 4.85. The largest absolute Gasteiger partial charge is 0.325 e. The lowest BCUT2D eigenvalue weighted by molar-refractivity contribution is -0.122. The number of amides is 2. The third-order valence-corrected chi connectivity index (χ3v) is 6.45. The Kier molecular flexibility index (Phi) is 6.46. The van der Waals surface area contributed by atoms with Gasteiger partial charge in [-0.2, -0.15) is 0 Å². The zero-order valence-electron chi connectivity index (χ0n) is 16.3. The van der Waals surface area contributed by atoms with Crippen LogP contribution in [-0.4, -0.2) is 18.4 Å². The molecule has 0 unspecified atom stereocenters. The molecule has 0 bridgehead atoms. The summed E-state index contributed by atoms with van der Waals surface area (Å²) in [7, 11) is 0. The first-order valence-corrected chi connectivity index (χ1v) is 10.7. The Morgan fingerprint density at radius 3 is 2.50 bits per heavy atom. The second-order valence-corrected chi connectivity index (χ2v) is 8.37. The number of aryl methyl sites for hydroxylation is 3. The number of carbonyl (C=O) groups excluding carboxylic acids is 2. The van der Waals surface area contributed by atoms with Crippen LogP contribution in [0, 0.1) is 12.8 Å². The van der Waals surface area contributed by atoms with Crippen molar-refractivity contribution in [3.8, 4) is 0 Å². The van der Waals surface area contributed by atoms with Crippen molar-refractivity contribution in [2.45, 2.75) is 40.0 Å². The molecule has 1 aliphatic rings. The maximum atomic E-state index is 12.8. The van der Waals surface area contributed by atoms with Crippen molar-refractivity contribution in [1.82, 2.24) is 0 Å². The van der Waals surface area contributed by atoms with Gasteiger partial charge in [0.05, 0.1) is 10.9 Å². The van der Waals surface area contributed by atoms with Gasteiger partial charge in [-0.05, 0) is 64.5 Å². The topological polar surface area (TPSA) is 49.4 Å². The molecule has 0 spiro atoms. The first-order chi connectivity index (χ1) is 13.3. The molecule has 4 nitrogen and oxygen atoms in total. The Bertz CT molecular complexity index is 907. The minimum absolute atomic E-state index is 0.00121. The van der Waals surface area contributed by atoms with Gasteiger partial charge in [0.15, 0.2) is 0 Å². The van der Waals surface area contributed by atoms with Gasteiger partial charge in [0.25, 0.3) is 0 Å². The van der Waals surface area contributed by atoms with Crippen LogP contribution in [0.5, 0.6) is 0 Å². The van der Waals surface area contributed by atoms with Crippen LogP contribution in [0.3, 0.4) is 0 Å². The van der Waals surface area contributed by atoms with E-state index in [9.17, 15) is 9.59 Å². The molecule has 0 radical (unpaired) electrons. The maximum Gasteiger partial charge on any atom is 0.229 e. The molecule has 1 aliphatic heterocycles. The second kappa shape index (κ2) is 8.66. The predicted octanol–water partition coefficient (Wildman–Crippen LogP) is 5.53. The van der Waals surface area contributed by atoms with Crippen LogP contribution in [0.2, 0.25) is 5.02 Å². The quantitative estimate of drug-likeness (QED) is 0.634. The van der Waals surface area contributed by atoms with Gasteiger partial charge in [-0.15, -0.1) is 0 Å². The molecule has 1 heterocycles. The molecule has 2 aromatic rings. The summed E-state index contributed by atoms with van der Waals surface area (Å²) in [5, 5.41) is 3.48. The summed E-state index contributed by atoms with van der Waals surface area (Å²) in [4.78, 5) is 27.4. The van der Waals surface area contributed by atoms with E-state index >= 15 is 0 Å². The third-order valence-electron chi connectivity index (χ3n) is 5.26. The summed E-state index contributed by atoms with van der Waals surface area (Å²) < 4.78 is 0.787. The minimum atomic E-state index is -0.385.